The van der Waals surface area contributed by atoms with Crippen molar-refractivity contribution in [1.82, 2.24) is 14.9 Å². The standard InChI is InChI=1S/C22H25N5O4/c1-14(11-15-5-4-10-31-15)21(28)26-6-8-27(9-7-26)22-24-17-13-19(30-3)18(29-2)12-16(17)20(23)25-22/h4-5,10-13H,6-9H2,1-3H3,(H2,23,24,25). The average molecular weight is 423 g/mol. The van der Waals surface area contributed by atoms with E-state index in [0.717, 1.165) is 0 Å². The fraction of sp³-hybridized carbons (Fsp3) is 0.318. The molecule has 1 saturated heterocycles. The first-order valence-electron chi connectivity index (χ1n) is 9.95. The van der Waals surface area contributed by atoms with Crippen LogP contribution in [-0.2, 0) is 4.79 Å². The number of nitrogens with zero attached hydrogens (tertiary/aromatic N) is 4. The molecule has 2 aromatic heterocycles. The first-order chi connectivity index (χ1) is 15.0. The molecule has 31 heavy (non-hydrogen) atoms. The predicted molar refractivity (Wildman–Crippen MR) is 118 cm³/mol. The first kappa shape index (κ1) is 20.5. The third-order valence-corrected chi connectivity index (χ3v) is 5.31. The minimum atomic E-state index is -0.00757. The Hall–Kier alpha value is -3.75. The van der Waals surface area contributed by atoms with Crippen LogP contribution in [0.5, 0.6) is 11.5 Å². The number of methoxy groups -OCH3 is 2. The Bertz CT molecular complexity index is 1120. The topological polar surface area (TPSA) is 107 Å². The van der Waals surface area contributed by atoms with Gasteiger partial charge in [-0.15, -0.1) is 0 Å². The summed E-state index contributed by atoms with van der Waals surface area (Å²) >= 11 is 0. The number of rotatable bonds is 5. The van der Waals surface area contributed by atoms with Crippen molar-refractivity contribution in [2.45, 2.75) is 6.92 Å². The van der Waals surface area contributed by atoms with E-state index in [1.807, 2.05) is 15.9 Å². The summed E-state index contributed by atoms with van der Waals surface area (Å²) in [5.74, 6) is 2.71. The normalized spacial score (nSPS) is 14.7. The maximum Gasteiger partial charge on any atom is 0.249 e. The molecular weight excluding hydrogens is 398 g/mol. The van der Waals surface area contributed by atoms with Crippen molar-refractivity contribution < 1.29 is 18.7 Å². The molecule has 9 heteroatoms. The van der Waals surface area contributed by atoms with E-state index in [9.17, 15) is 4.79 Å². The SMILES string of the molecule is COc1cc2nc(N3CCN(C(=O)C(C)=Cc4ccco4)CC3)nc(N)c2cc1OC. The third-order valence-electron chi connectivity index (χ3n) is 5.31. The number of benzene rings is 1. The lowest BCUT2D eigenvalue weighted by molar-refractivity contribution is -0.127. The smallest absolute Gasteiger partial charge is 0.249 e. The molecule has 3 aromatic rings. The number of hydrogen-bond donors (Lipinski definition) is 1. The molecule has 9 nitrogen and oxygen atoms in total. The Labute approximate surface area is 180 Å². The molecule has 0 bridgehead atoms. The van der Waals surface area contributed by atoms with E-state index in [4.69, 9.17) is 19.6 Å². The van der Waals surface area contributed by atoms with Crippen LogP contribution in [0.15, 0.2) is 40.5 Å². The molecule has 3 heterocycles. The minimum Gasteiger partial charge on any atom is -0.493 e. The van der Waals surface area contributed by atoms with Crippen molar-refractivity contribution in [2.75, 3.05) is 51.0 Å². The fourth-order valence-corrected chi connectivity index (χ4v) is 3.62. The number of ether oxygens (including phenoxy) is 2. The van der Waals surface area contributed by atoms with Crippen LogP contribution >= 0.6 is 0 Å². The summed E-state index contributed by atoms with van der Waals surface area (Å²) in [7, 11) is 3.15. The van der Waals surface area contributed by atoms with Crippen molar-refractivity contribution in [1.29, 1.82) is 0 Å². The molecule has 1 aliphatic rings. The molecule has 2 N–H and O–H groups in total. The number of nitrogen functional groups attached to an aromatic ring is 1. The maximum absolute atomic E-state index is 12.7. The van der Waals surface area contributed by atoms with Crippen molar-refractivity contribution >= 4 is 34.7 Å². The van der Waals surface area contributed by atoms with Gasteiger partial charge in [0.25, 0.3) is 0 Å². The van der Waals surface area contributed by atoms with Crippen LogP contribution in [0.2, 0.25) is 0 Å². The van der Waals surface area contributed by atoms with Gasteiger partial charge in [-0.25, -0.2) is 4.98 Å². The number of aromatic nitrogens is 2. The number of hydrogen-bond acceptors (Lipinski definition) is 8. The summed E-state index contributed by atoms with van der Waals surface area (Å²) < 4.78 is 16.0. The Balaban J connectivity index is 1.50. The van der Waals surface area contributed by atoms with Gasteiger partial charge in [-0.1, -0.05) is 0 Å². The Morgan fingerprint density at radius 2 is 1.84 bits per heavy atom. The molecule has 1 aliphatic heterocycles. The van der Waals surface area contributed by atoms with Crippen LogP contribution in [0.3, 0.4) is 0 Å². The number of piperazine rings is 1. The summed E-state index contributed by atoms with van der Waals surface area (Å²) in [5, 5.41) is 0.703. The van der Waals surface area contributed by atoms with E-state index in [0.29, 0.717) is 71.7 Å². The zero-order valence-electron chi connectivity index (χ0n) is 17.8. The Morgan fingerprint density at radius 1 is 1.13 bits per heavy atom. The lowest BCUT2D eigenvalue weighted by Gasteiger charge is -2.35. The molecular formula is C22H25N5O4. The maximum atomic E-state index is 12.7. The number of carbonyl (C=O) groups excluding carboxylic acids is 1. The first-order valence-corrected chi connectivity index (χ1v) is 9.95. The number of amides is 1. The highest BCUT2D eigenvalue weighted by Gasteiger charge is 2.24. The van der Waals surface area contributed by atoms with E-state index in [2.05, 4.69) is 9.97 Å². The second-order valence-electron chi connectivity index (χ2n) is 7.26. The minimum absolute atomic E-state index is 0.00757. The number of anilines is 2. The van der Waals surface area contributed by atoms with E-state index in [1.165, 1.54) is 0 Å². The van der Waals surface area contributed by atoms with Gasteiger partial charge < -0.3 is 29.4 Å². The quantitative estimate of drug-likeness (QED) is 0.624. The molecule has 0 atom stereocenters. The van der Waals surface area contributed by atoms with Crippen LogP contribution in [0.1, 0.15) is 12.7 Å². The van der Waals surface area contributed by atoms with Gasteiger partial charge in [0.2, 0.25) is 11.9 Å². The van der Waals surface area contributed by atoms with E-state index >= 15 is 0 Å². The molecule has 4 rings (SSSR count). The van der Waals surface area contributed by atoms with Gasteiger partial charge in [0.05, 0.1) is 26.0 Å². The van der Waals surface area contributed by atoms with Gasteiger partial charge in [0.1, 0.15) is 11.6 Å². The summed E-state index contributed by atoms with van der Waals surface area (Å²) in [4.78, 5) is 25.8. The number of fused-ring (bicyclic) bond motifs is 1. The van der Waals surface area contributed by atoms with Gasteiger partial charge in [0.15, 0.2) is 11.5 Å². The number of furan rings is 1. The van der Waals surface area contributed by atoms with Crippen LogP contribution in [0.25, 0.3) is 17.0 Å². The monoisotopic (exact) mass is 423 g/mol. The molecule has 162 valence electrons. The van der Waals surface area contributed by atoms with Gasteiger partial charge in [0, 0.05) is 43.2 Å². The average Bonchev–Trinajstić information content (AvgIpc) is 3.30. The van der Waals surface area contributed by atoms with Crippen LogP contribution in [0.4, 0.5) is 11.8 Å². The molecule has 1 aromatic carbocycles. The highest BCUT2D eigenvalue weighted by molar-refractivity contribution is 5.97. The zero-order valence-corrected chi connectivity index (χ0v) is 17.8. The van der Waals surface area contributed by atoms with Crippen LogP contribution < -0.4 is 20.1 Å². The molecule has 0 saturated carbocycles. The van der Waals surface area contributed by atoms with Gasteiger partial charge in [-0.05, 0) is 31.2 Å². The van der Waals surface area contributed by atoms with Gasteiger partial charge in [-0.2, -0.15) is 4.98 Å². The van der Waals surface area contributed by atoms with Crippen molar-refractivity contribution in [3.05, 3.63) is 41.9 Å². The van der Waals surface area contributed by atoms with Crippen molar-refractivity contribution in [2.24, 2.45) is 0 Å². The highest BCUT2D eigenvalue weighted by Crippen LogP contribution is 2.34. The second kappa shape index (κ2) is 8.55. The Morgan fingerprint density at radius 3 is 2.48 bits per heavy atom. The van der Waals surface area contributed by atoms with Gasteiger partial charge >= 0.3 is 0 Å². The van der Waals surface area contributed by atoms with Crippen molar-refractivity contribution in [3.8, 4) is 11.5 Å². The molecule has 0 spiro atoms. The zero-order chi connectivity index (χ0) is 22.0. The highest BCUT2D eigenvalue weighted by atomic mass is 16.5. The summed E-state index contributed by atoms with van der Waals surface area (Å²) in [6.45, 7) is 4.15. The van der Waals surface area contributed by atoms with E-state index in [-0.39, 0.29) is 5.91 Å². The summed E-state index contributed by atoms with van der Waals surface area (Å²) in [6.07, 6.45) is 3.34. The second-order valence-corrected chi connectivity index (χ2v) is 7.26. The number of nitrogens with two attached hydrogens (primary N) is 1. The van der Waals surface area contributed by atoms with Gasteiger partial charge in [-0.3, -0.25) is 4.79 Å². The van der Waals surface area contributed by atoms with Crippen molar-refractivity contribution in [3.63, 3.8) is 0 Å². The number of carbonyl (C=O) groups is 1. The molecule has 1 fully saturated rings. The molecule has 0 unspecified atom stereocenters. The summed E-state index contributed by atoms with van der Waals surface area (Å²) in [6, 6.07) is 7.18. The summed E-state index contributed by atoms with van der Waals surface area (Å²) in [5.41, 5.74) is 7.52. The lowest BCUT2D eigenvalue weighted by atomic mass is 10.2. The Kier molecular flexibility index (Phi) is 5.66. The lowest BCUT2D eigenvalue weighted by Crippen LogP contribution is -2.49. The van der Waals surface area contributed by atoms with Crippen LogP contribution in [0, 0.1) is 0 Å². The third kappa shape index (κ3) is 4.11. The van der Waals surface area contributed by atoms with E-state index in [1.54, 1.807) is 51.7 Å². The van der Waals surface area contributed by atoms with E-state index < -0.39 is 0 Å². The van der Waals surface area contributed by atoms with Crippen LogP contribution in [-0.4, -0.2) is 61.2 Å². The molecule has 0 radical (unpaired) electrons. The predicted octanol–water partition coefficient (Wildman–Crippen LogP) is 2.57. The largest absolute Gasteiger partial charge is 0.493 e. The molecule has 0 aliphatic carbocycles. The molecule has 1 amide bonds. The fourth-order valence-electron chi connectivity index (χ4n) is 3.62.